The van der Waals surface area contributed by atoms with Crippen LogP contribution in [0.2, 0.25) is 0 Å². The first-order valence-electron chi connectivity index (χ1n) is 7.49. The zero-order chi connectivity index (χ0) is 14.0. The Balaban J connectivity index is 2.05. The molecule has 2 aliphatic rings. The minimum absolute atomic E-state index is 0.124. The highest BCUT2D eigenvalue weighted by molar-refractivity contribution is 6.17. The van der Waals surface area contributed by atoms with E-state index in [1.807, 2.05) is 25.7 Å². The first-order chi connectivity index (χ1) is 8.92. The lowest BCUT2D eigenvalue weighted by Gasteiger charge is -2.32. The van der Waals surface area contributed by atoms with Crippen molar-refractivity contribution in [1.82, 2.24) is 4.90 Å². The molecular formula is C15H26ClNO2. The molecule has 0 spiro atoms. The van der Waals surface area contributed by atoms with E-state index < -0.39 is 5.60 Å². The van der Waals surface area contributed by atoms with Crippen LogP contribution in [0.25, 0.3) is 0 Å². The maximum atomic E-state index is 12.4. The van der Waals surface area contributed by atoms with Gasteiger partial charge in [-0.1, -0.05) is 6.42 Å². The number of amides is 1. The van der Waals surface area contributed by atoms with Crippen molar-refractivity contribution in [3.63, 3.8) is 0 Å². The lowest BCUT2D eigenvalue weighted by Crippen LogP contribution is -2.44. The Labute approximate surface area is 121 Å². The molecular weight excluding hydrogens is 262 g/mol. The Morgan fingerprint density at radius 2 is 2.11 bits per heavy atom. The zero-order valence-electron chi connectivity index (χ0n) is 12.3. The lowest BCUT2D eigenvalue weighted by atomic mass is 10.0. The summed E-state index contributed by atoms with van der Waals surface area (Å²) in [6.45, 7) is 5.79. The third-order valence-corrected chi connectivity index (χ3v) is 4.49. The summed E-state index contributed by atoms with van der Waals surface area (Å²) >= 11 is 5.80. The van der Waals surface area contributed by atoms with Crippen LogP contribution in [0.1, 0.15) is 59.3 Å². The van der Waals surface area contributed by atoms with Crippen LogP contribution in [-0.2, 0) is 4.74 Å². The minimum Gasteiger partial charge on any atom is -0.444 e. The van der Waals surface area contributed by atoms with E-state index in [4.69, 9.17) is 16.3 Å². The van der Waals surface area contributed by atoms with E-state index in [0.29, 0.717) is 23.9 Å². The van der Waals surface area contributed by atoms with Crippen LogP contribution in [-0.4, -0.2) is 34.6 Å². The predicted octanol–water partition coefficient (Wildman–Crippen LogP) is 4.18. The van der Waals surface area contributed by atoms with Crippen LogP contribution in [0, 0.1) is 5.92 Å². The van der Waals surface area contributed by atoms with Gasteiger partial charge in [-0.15, -0.1) is 11.6 Å². The first-order valence-corrected chi connectivity index (χ1v) is 8.03. The third kappa shape index (κ3) is 3.56. The second-order valence-electron chi connectivity index (χ2n) is 6.87. The summed E-state index contributed by atoms with van der Waals surface area (Å²) in [5.41, 5.74) is -0.412. The molecule has 0 aromatic carbocycles. The highest BCUT2D eigenvalue weighted by atomic mass is 35.5. The number of fused-ring (bicyclic) bond motifs is 1. The van der Waals surface area contributed by atoms with Crippen molar-refractivity contribution in [2.24, 2.45) is 5.92 Å². The average molecular weight is 288 g/mol. The Morgan fingerprint density at radius 3 is 2.74 bits per heavy atom. The van der Waals surface area contributed by atoms with E-state index in [9.17, 15) is 4.79 Å². The van der Waals surface area contributed by atoms with Gasteiger partial charge in [-0.3, -0.25) is 0 Å². The van der Waals surface area contributed by atoms with Gasteiger partial charge in [-0.2, -0.15) is 0 Å². The lowest BCUT2D eigenvalue weighted by molar-refractivity contribution is 0.0132. The molecule has 3 nitrogen and oxygen atoms in total. The van der Waals surface area contributed by atoms with E-state index in [2.05, 4.69) is 0 Å². The van der Waals surface area contributed by atoms with Crippen molar-refractivity contribution in [1.29, 1.82) is 0 Å². The minimum atomic E-state index is -0.412. The number of hydrogen-bond donors (Lipinski definition) is 0. The van der Waals surface area contributed by atoms with E-state index in [-0.39, 0.29) is 6.09 Å². The molecule has 4 heteroatoms. The molecule has 0 radical (unpaired) electrons. The summed E-state index contributed by atoms with van der Waals surface area (Å²) in [5, 5.41) is 0. The maximum absolute atomic E-state index is 12.4. The first kappa shape index (κ1) is 15.0. The monoisotopic (exact) mass is 287 g/mol. The van der Waals surface area contributed by atoms with Crippen molar-refractivity contribution in [3.05, 3.63) is 0 Å². The average Bonchev–Trinajstić information content (AvgIpc) is 2.82. The highest BCUT2D eigenvalue weighted by Crippen LogP contribution is 2.43. The molecule has 1 aliphatic heterocycles. The van der Waals surface area contributed by atoms with Crippen LogP contribution < -0.4 is 0 Å². The molecule has 1 amide bonds. The number of rotatable bonds is 3. The smallest absolute Gasteiger partial charge is 0.410 e. The van der Waals surface area contributed by atoms with Gasteiger partial charge in [0.2, 0.25) is 0 Å². The van der Waals surface area contributed by atoms with Crippen LogP contribution in [0.4, 0.5) is 4.79 Å². The molecule has 0 aromatic rings. The quantitative estimate of drug-likeness (QED) is 0.729. The molecule has 19 heavy (non-hydrogen) atoms. The summed E-state index contributed by atoms with van der Waals surface area (Å²) in [5.74, 6) is 1.36. The molecule has 110 valence electrons. The standard InChI is InChI=1S/C15H26ClNO2/c1-15(2,3)19-14(18)17-12(7-5-9-16)10-11-6-4-8-13(11)17/h11-13H,4-10H2,1-3H3. The van der Waals surface area contributed by atoms with Gasteiger partial charge in [0.05, 0.1) is 0 Å². The topological polar surface area (TPSA) is 29.5 Å². The van der Waals surface area contributed by atoms with Crippen molar-refractivity contribution in [2.75, 3.05) is 5.88 Å². The molecule has 0 bridgehead atoms. The number of carbonyl (C=O) groups is 1. The molecule has 0 N–H and O–H groups in total. The SMILES string of the molecule is CC(C)(C)OC(=O)N1C(CCCCl)CC2CCCC21. The molecule has 3 atom stereocenters. The summed E-state index contributed by atoms with van der Waals surface area (Å²) in [4.78, 5) is 14.5. The van der Waals surface area contributed by atoms with Gasteiger partial charge in [0.25, 0.3) is 0 Å². The van der Waals surface area contributed by atoms with Crippen molar-refractivity contribution in [3.8, 4) is 0 Å². The van der Waals surface area contributed by atoms with Gasteiger partial charge < -0.3 is 9.64 Å². The van der Waals surface area contributed by atoms with Gasteiger partial charge in [0.15, 0.2) is 0 Å². The van der Waals surface area contributed by atoms with E-state index in [1.165, 1.54) is 12.8 Å². The van der Waals surface area contributed by atoms with Crippen LogP contribution >= 0.6 is 11.6 Å². The second-order valence-corrected chi connectivity index (χ2v) is 7.24. The largest absolute Gasteiger partial charge is 0.444 e. The number of likely N-dealkylation sites (tertiary alicyclic amines) is 1. The predicted molar refractivity (Wildman–Crippen MR) is 77.6 cm³/mol. The molecule has 1 aliphatic carbocycles. The summed E-state index contributed by atoms with van der Waals surface area (Å²) in [6.07, 6.45) is 6.66. The Hall–Kier alpha value is -0.440. The van der Waals surface area contributed by atoms with Crippen LogP contribution in [0.5, 0.6) is 0 Å². The third-order valence-electron chi connectivity index (χ3n) is 4.22. The molecule has 2 rings (SSSR count). The van der Waals surface area contributed by atoms with E-state index >= 15 is 0 Å². The number of hydrogen-bond acceptors (Lipinski definition) is 2. The van der Waals surface area contributed by atoms with Gasteiger partial charge in [0, 0.05) is 18.0 Å². The number of nitrogens with zero attached hydrogens (tertiary/aromatic N) is 1. The molecule has 1 saturated carbocycles. The fraction of sp³-hybridized carbons (Fsp3) is 0.933. The second kappa shape index (κ2) is 5.90. The van der Waals surface area contributed by atoms with E-state index in [1.54, 1.807) is 0 Å². The molecule has 1 heterocycles. The molecule has 0 aromatic heterocycles. The number of halogens is 1. The van der Waals surface area contributed by atoms with E-state index in [0.717, 1.165) is 25.7 Å². The van der Waals surface area contributed by atoms with Gasteiger partial charge in [0.1, 0.15) is 5.60 Å². The summed E-state index contributed by atoms with van der Waals surface area (Å²) in [7, 11) is 0. The summed E-state index contributed by atoms with van der Waals surface area (Å²) < 4.78 is 5.59. The number of carbonyl (C=O) groups excluding carboxylic acids is 1. The van der Waals surface area contributed by atoms with Gasteiger partial charge in [-0.05, 0) is 58.8 Å². The Bertz CT molecular complexity index is 327. The Kier molecular flexibility index (Phi) is 4.65. The van der Waals surface area contributed by atoms with Crippen LogP contribution in [0.3, 0.4) is 0 Å². The van der Waals surface area contributed by atoms with Crippen molar-refractivity contribution >= 4 is 17.7 Å². The zero-order valence-corrected chi connectivity index (χ0v) is 13.1. The van der Waals surface area contributed by atoms with Crippen LogP contribution in [0.15, 0.2) is 0 Å². The highest BCUT2D eigenvalue weighted by Gasteiger charge is 2.46. The molecule has 2 fully saturated rings. The number of ether oxygens (including phenoxy) is 1. The summed E-state index contributed by atoms with van der Waals surface area (Å²) in [6, 6.07) is 0.749. The molecule has 1 saturated heterocycles. The number of alkyl halides is 1. The fourth-order valence-electron chi connectivity index (χ4n) is 3.56. The molecule has 3 unspecified atom stereocenters. The fourth-order valence-corrected chi connectivity index (χ4v) is 3.72. The van der Waals surface area contributed by atoms with Gasteiger partial charge >= 0.3 is 6.09 Å². The van der Waals surface area contributed by atoms with Gasteiger partial charge in [-0.25, -0.2) is 4.79 Å². The van der Waals surface area contributed by atoms with Crippen molar-refractivity contribution in [2.45, 2.75) is 77.0 Å². The maximum Gasteiger partial charge on any atom is 0.410 e. The van der Waals surface area contributed by atoms with Crippen molar-refractivity contribution < 1.29 is 9.53 Å². The normalized spacial score (nSPS) is 30.5. The Morgan fingerprint density at radius 1 is 1.37 bits per heavy atom.